The van der Waals surface area contributed by atoms with Crippen LogP contribution in [0.4, 0.5) is 11.5 Å². The quantitative estimate of drug-likeness (QED) is 0.236. The smallest absolute Gasteiger partial charge is 0.266 e. The monoisotopic (exact) mass is 505 g/mol. The van der Waals surface area contributed by atoms with Gasteiger partial charge < -0.3 is 20.4 Å². The van der Waals surface area contributed by atoms with Crippen LogP contribution in [0.3, 0.4) is 0 Å². The number of nitrogens with zero attached hydrogens (tertiary/aromatic N) is 1. The average molecular weight is 506 g/mol. The molecular weight excluding hydrogens is 474 g/mol. The summed E-state index contributed by atoms with van der Waals surface area (Å²) in [6.45, 7) is 2.59. The van der Waals surface area contributed by atoms with Gasteiger partial charge in [0.15, 0.2) is 0 Å². The fourth-order valence-corrected chi connectivity index (χ4v) is 5.80. The molecule has 2 amide bonds. The first-order chi connectivity index (χ1) is 17.5. The van der Waals surface area contributed by atoms with Gasteiger partial charge in [-0.15, -0.1) is 11.3 Å². The summed E-state index contributed by atoms with van der Waals surface area (Å²) in [5, 5.41) is 13.9. The maximum Gasteiger partial charge on any atom is 0.266 e. The molecule has 0 unspecified atom stereocenters. The van der Waals surface area contributed by atoms with Crippen LogP contribution in [0.25, 0.3) is 21.3 Å². The second kappa shape index (κ2) is 10.3. The van der Waals surface area contributed by atoms with Crippen molar-refractivity contribution in [2.75, 3.05) is 24.4 Å². The second-order valence-corrected chi connectivity index (χ2v) is 10.7. The molecule has 8 nitrogen and oxygen atoms in total. The Kier molecular flexibility index (Phi) is 6.93. The van der Waals surface area contributed by atoms with Crippen molar-refractivity contribution in [3.8, 4) is 10.4 Å². The van der Waals surface area contributed by atoms with E-state index >= 15 is 0 Å². The van der Waals surface area contributed by atoms with Crippen LogP contribution in [-0.4, -0.2) is 40.7 Å². The van der Waals surface area contributed by atoms with E-state index in [0.717, 1.165) is 58.3 Å². The summed E-state index contributed by atoms with van der Waals surface area (Å²) in [7, 11) is 1.66. The fourth-order valence-electron chi connectivity index (χ4n) is 4.92. The van der Waals surface area contributed by atoms with E-state index in [9.17, 15) is 9.59 Å². The van der Waals surface area contributed by atoms with Gasteiger partial charge in [0.05, 0.1) is 17.7 Å². The van der Waals surface area contributed by atoms with Crippen molar-refractivity contribution >= 4 is 45.6 Å². The lowest BCUT2D eigenvalue weighted by Crippen LogP contribution is -2.35. The third-order valence-electron chi connectivity index (χ3n) is 7.08. The predicted octanol–water partition coefficient (Wildman–Crippen LogP) is 5.97. The molecule has 188 valence electrons. The van der Waals surface area contributed by atoms with Crippen LogP contribution in [0, 0.1) is 5.41 Å². The number of fused-ring (bicyclic) bond motifs is 1. The highest BCUT2D eigenvalue weighted by Gasteiger charge is 2.34. The first kappa shape index (κ1) is 24.3. The number of methoxy groups -OCH3 is 1. The van der Waals surface area contributed by atoms with Crippen molar-refractivity contribution < 1.29 is 14.3 Å². The van der Waals surface area contributed by atoms with Crippen molar-refractivity contribution in [1.29, 1.82) is 0 Å². The largest absolute Gasteiger partial charge is 0.384 e. The maximum atomic E-state index is 13.1. The number of carbonyl (C=O) groups is 2. The molecule has 1 fully saturated rings. The van der Waals surface area contributed by atoms with Gasteiger partial charge in [-0.05, 0) is 43.5 Å². The number of rotatable bonds is 8. The van der Waals surface area contributed by atoms with Crippen LogP contribution < -0.4 is 10.6 Å². The number of benzene rings is 1. The Bertz CT molecular complexity index is 1370. The number of amides is 2. The van der Waals surface area contributed by atoms with Crippen LogP contribution in [0.1, 0.15) is 54.3 Å². The zero-order chi connectivity index (χ0) is 25.1. The standard InChI is InChI=1S/C27H31N5O3S/c1-27(11-4-3-5-12-27)26(34)30-18-6-7-19-20(10-13-35-2)24(31-21(19)14-18)32-25(33)23-9-8-22(36-23)17-15-28-29-16-17/h6-9,14-16,31H,3-5,10-13H2,1-2H3,(H,28,29)(H,30,34)(H,32,33). The summed E-state index contributed by atoms with van der Waals surface area (Å²) in [6.07, 6.45) is 9.42. The number of H-pyrrole nitrogens is 2. The minimum absolute atomic E-state index is 0.0763. The first-order valence-corrected chi connectivity index (χ1v) is 13.1. The fraction of sp³-hybridized carbons (Fsp3) is 0.370. The van der Waals surface area contributed by atoms with Gasteiger partial charge in [0.2, 0.25) is 5.91 Å². The summed E-state index contributed by atoms with van der Waals surface area (Å²) in [5.41, 5.74) is 3.21. The molecule has 0 saturated heterocycles. The molecule has 0 atom stereocenters. The lowest BCUT2D eigenvalue weighted by atomic mass is 9.75. The second-order valence-electron chi connectivity index (χ2n) is 9.66. The van der Waals surface area contributed by atoms with E-state index in [0.29, 0.717) is 23.7 Å². The minimum Gasteiger partial charge on any atom is -0.384 e. The van der Waals surface area contributed by atoms with Crippen molar-refractivity contribution in [2.24, 2.45) is 5.41 Å². The SMILES string of the molecule is COCCc1c(NC(=O)c2ccc(-c3cn[nH]c3)s2)[nH]c2cc(NC(=O)C3(C)CCCCC3)ccc12. The normalized spacial score (nSPS) is 15.2. The maximum absolute atomic E-state index is 13.1. The molecule has 1 aliphatic carbocycles. The van der Waals surface area contributed by atoms with Crippen molar-refractivity contribution in [2.45, 2.75) is 45.4 Å². The molecule has 9 heteroatoms. The molecule has 4 N–H and O–H groups in total. The highest BCUT2D eigenvalue weighted by molar-refractivity contribution is 7.17. The molecule has 0 spiro atoms. The van der Waals surface area contributed by atoms with Gasteiger partial charge in [-0.1, -0.05) is 32.3 Å². The number of carbonyl (C=O) groups excluding carboxylic acids is 2. The van der Waals surface area contributed by atoms with Gasteiger partial charge in [0.1, 0.15) is 5.82 Å². The van der Waals surface area contributed by atoms with E-state index in [1.165, 1.54) is 17.8 Å². The third-order valence-corrected chi connectivity index (χ3v) is 8.21. The molecular formula is C27H31N5O3S. The lowest BCUT2D eigenvalue weighted by molar-refractivity contribution is -0.126. The van der Waals surface area contributed by atoms with E-state index in [1.54, 1.807) is 19.5 Å². The van der Waals surface area contributed by atoms with Crippen molar-refractivity contribution in [1.82, 2.24) is 15.2 Å². The Hall–Kier alpha value is -3.43. The summed E-state index contributed by atoms with van der Waals surface area (Å²) < 4.78 is 5.32. The summed E-state index contributed by atoms with van der Waals surface area (Å²) in [6, 6.07) is 9.60. The minimum atomic E-state index is -0.318. The number of hydrogen-bond donors (Lipinski definition) is 4. The molecule has 4 aromatic rings. The van der Waals surface area contributed by atoms with Crippen LogP contribution in [0.5, 0.6) is 0 Å². The Morgan fingerprint density at radius 3 is 2.72 bits per heavy atom. The lowest BCUT2D eigenvalue weighted by Gasteiger charge is -2.32. The Balaban J connectivity index is 1.38. The molecule has 0 radical (unpaired) electrons. The Labute approximate surface area is 213 Å². The number of nitrogens with one attached hydrogen (secondary N) is 4. The van der Waals surface area contributed by atoms with Gasteiger partial charge in [-0.2, -0.15) is 5.10 Å². The van der Waals surface area contributed by atoms with Crippen LogP contribution in [0.15, 0.2) is 42.7 Å². The molecule has 3 heterocycles. The number of aromatic amines is 2. The molecule has 3 aromatic heterocycles. The first-order valence-electron chi connectivity index (χ1n) is 12.3. The number of hydrogen-bond acceptors (Lipinski definition) is 5. The molecule has 5 rings (SSSR count). The molecule has 1 aromatic carbocycles. The van der Waals surface area contributed by atoms with E-state index in [1.807, 2.05) is 30.3 Å². The van der Waals surface area contributed by atoms with E-state index in [4.69, 9.17) is 4.74 Å². The Morgan fingerprint density at radius 1 is 1.14 bits per heavy atom. The average Bonchev–Trinajstić information content (AvgIpc) is 3.63. The number of aromatic nitrogens is 3. The number of ether oxygens (including phenoxy) is 1. The zero-order valence-corrected chi connectivity index (χ0v) is 21.4. The van der Waals surface area contributed by atoms with Crippen molar-refractivity contribution in [3.05, 3.63) is 53.2 Å². The molecule has 36 heavy (non-hydrogen) atoms. The van der Waals surface area contributed by atoms with Gasteiger partial charge in [0, 0.05) is 51.3 Å². The summed E-state index contributed by atoms with van der Waals surface area (Å²) in [4.78, 5) is 31.1. The summed E-state index contributed by atoms with van der Waals surface area (Å²) in [5.74, 6) is 0.541. The zero-order valence-electron chi connectivity index (χ0n) is 20.6. The number of thiophene rings is 1. The predicted molar refractivity (Wildman–Crippen MR) is 144 cm³/mol. The Morgan fingerprint density at radius 2 is 1.97 bits per heavy atom. The van der Waals surface area contributed by atoms with Gasteiger partial charge in [-0.3, -0.25) is 14.7 Å². The van der Waals surface area contributed by atoms with Gasteiger partial charge in [-0.25, -0.2) is 0 Å². The van der Waals surface area contributed by atoms with E-state index in [-0.39, 0.29) is 17.2 Å². The molecule has 0 aliphatic heterocycles. The number of anilines is 2. The third kappa shape index (κ3) is 4.94. The molecule has 1 saturated carbocycles. The molecule has 1 aliphatic rings. The van der Waals surface area contributed by atoms with E-state index < -0.39 is 0 Å². The van der Waals surface area contributed by atoms with Gasteiger partial charge in [0.25, 0.3) is 5.91 Å². The topological polar surface area (TPSA) is 112 Å². The van der Waals surface area contributed by atoms with E-state index in [2.05, 4.69) is 32.7 Å². The molecule has 0 bridgehead atoms. The van der Waals surface area contributed by atoms with Crippen LogP contribution in [-0.2, 0) is 16.0 Å². The van der Waals surface area contributed by atoms with Gasteiger partial charge >= 0.3 is 0 Å². The van der Waals surface area contributed by atoms with Crippen molar-refractivity contribution in [3.63, 3.8) is 0 Å². The van der Waals surface area contributed by atoms with Crippen LogP contribution >= 0.6 is 11.3 Å². The highest BCUT2D eigenvalue weighted by Crippen LogP contribution is 2.37. The summed E-state index contributed by atoms with van der Waals surface area (Å²) >= 11 is 1.41. The van der Waals surface area contributed by atoms with Crippen LogP contribution in [0.2, 0.25) is 0 Å². The highest BCUT2D eigenvalue weighted by atomic mass is 32.1.